The van der Waals surface area contributed by atoms with E-state index in [-0.39, 0.29) is 11.9 Å². The molecule has 138 valence electrons. The SMILES string of the molecule is O=C(NC1CCN(c2nccs2)CC1)c1cccc(OC2CCCC2)c1. The summed E-state index contributed by atoms with van der Waals surface area (Å²) in [4.78, 5) is 19.3. The molecule has 5 nitrogen and oxygen atoms in total. The van der Waals surface area contributed by atoms with Gasteiger partial charge in [0.15, 0.2) is 5.13 Å². The van der Waals surface area contributed by atoms with Crippen molar-refractivity contribution in [2.24, 2.45) is 0 Å². The summed E-state index contributed by atoms with van der Waals surface area (Å²) in [6, 6.07) is 7.81. The highest BCUT2D eigenvalue weighted by molar-refractivity contribution is 7.13. The molecular formula is C20H25N3O2S. The number of amides is 1. The number of ether oxygens (including phenoxy) is 1. The summed E-state index contributed by atoms with van der Waals surface area (Å²) in [6.45, 7) is 1.87. The second kappa shape index (κ2) is 8.08. The third-order valence-corrected chi connectivity index (χ3v) is 6.05. The molecule has 0 atom stereocenters. The number of anilines is 1. The minimum atomic E-state index is -0.00503. The molecule has 0 radical (unpaired) electrons. The highest BCUT2D eigenvalue weighted by Gasteiger charge is 2.23. The fourth-order valence-corrected chi connectivity index (χ4v) is 4.46. The standard InChI is InChI=1S/C20H25N3O2S/c24-19(15-4-3-7-18(14-15)25-17-5-1-2-6-17)22-16-8-11-23(12-9-16)20-21-10-13-26-20/h3-4,7,10,13-14,16-17H,1-2,5-6,8-9,11-12H2,(H,22,24). The van der Waals surface area contributed by atoms with E-state index in [0.29, 0.717) is 11.7 Å². The molecule has 26 heavy (non-hydrogen) atoms. The van der Waals surface area contributed by atoms with Gasteiger partial charge < -0.3 is 15.0 Å². The molecule has 6 heteroatoms. The van der Waals surface area contributed by atoms with Gasteiger partial charge in [0.2, 0.25) is 0 Å². The summed E-state index contributed by atoms with van der Waals surface area (Å²) in [7, 11) is 0. The van der Waals surface area contributed by atoms with E-state index in [2.05, 4.69) is 15.2 Å². The summed E-state index contributed by atoms with van der Waals surface area (Å²) >= 11 is 1.67. The smallest absolute Gasteiger partial charge is 0.251 e. The second-order valence-corrected chi connectivity index (χ2v) is 7.97. The number of piperidine rings is 1. The topological polar surface area (TPSA) is 54.5 Å². The first-order valence-corrected chi connectivity index (χ1v) is 10.4. The van der Waals surface area contributed by atoms with E-state index in [9.17, 15) is 4.79 Å². The number of benzene rings is 1. The first-order valence-electron chi connectivity index (χ1n) is 9.50. The Morgan fingerprint density at radius 1 is 1.19 bits per heavy atom. The number of carbonyl (C=O) groups excluding carboxylic acids is 1. The van der Waals surface area contributed by atoms with Crippen LogP contribution >= 0.6 is 11.3 Å². The van der Waals surface area contributed by atoms with Gasteiger partial charge in [0, 0.05) is 36.3 Å². The Balaban J connectivity index is 1.30. The number of hydrogen-bond donors (Lipinski definition) is 1. The lowest BCUT2D eigenvalue weighted by atomic mass is 10.0. The van der Waals surface area contributed by atoms with Crippen LogP contribution in [-0.2, 0) is 0 Å². The van der Waals surface area contributed by atoms with Crippen LogP contribution in [0.5, 0.6) is 5.75 Å². The van der Waals surface area contributed by atoms with E-state index >= 15 is 0 Å². The Labute approximate surface area is 158 Å². The first-order chi connectivity index (χ1) is 12.8. The number of nitrogens with zero attached hydrogens (tertiary/aromatic N) is 2. The lowest BCUT2D eigenvalue weighted by Crippen LogP contribution is -2.44. The quantitative estimate of drug-likeness (QED) is 0.867. The van der Waals surface area contributed by atoms with Crippen molar-refractivity contribution in [3.05, 3.63) is 41.4 Å². The van der Waals surface area contributed by atoms with Crippen LogP contribution in [0.1, 0.15) is 48.9 Å². The molecule has 0 bridgehead atoms. The first kappa shape index (κ1) is 17.3. The Bertz CT molecular complexity index is 720. The van der Waals surface area contributed by atoms with Gasteiger partial charge in [-0.2, -0.15) is 0 Å². The van der Waals surface area contributed by atoms with E-state index in [0.717, 1.165) is 49.7 Å². The molecule has 4 rings (SSSR count). The molecule has 1 amide bonds. The monoisotopic (exact) mass is 371 g/mol. The number of nitrogens with one attached hydrogen (secondary N) is 1. The molecule has 2 heterocycles. The van der Waals surface area contributed by atoms with E-state index in [4.69, 9.17) is 4.74 Å². The van der Waals surface area contributed by atoms with Gasteiger partial charge in [-0.3, -0.25) is 4.79 Å². The highest BCUT2D eigenvalue weighted by atomic mass is 32.1. The van der Waals surface area contributed by atoms with E-state index < -0.39 is 0 Å². The molecule has 1 aromatic heterocycles. The average Bonchev–Trinajstić information content (AvgIpc) is 3.36. The summed E-state index contributed by atoms with van der Waals surface area (Å²) in [5.41, 5.74) is 0.683. The van der Waals surface area contributed by atoms with Gasteiger partial charge in [0.1, 0.15) is 5.75 Å². The molecule has 1 aliphatic heterocycles. The zero-order chi connectivity index (χ0) is 17.8. The second-order valence-electron chi connectivity index (χ2n) is 7.10. The van der Waals surface area contributed by atoms with Gasteiger partial charge in [-0.15, -0.1) is 11.3 Å². The predicted molar refractivity (Wildman–Crippen MR) is 104 cm³/mol. The van der Waals surface area contributed by atoms with Gasteiger partial charge >= 0.3 is 0 Å². The zero-order valence-corrected chi connectivity index (χ0v) is 15.7. The van der Waals surface area contributed by atoms with Crippen molar-refractivity contribution in [3.63, 3.8) is 0 Å². The average molecular weight is 372 g/mol. The maximum Gasteiger partial charge on any atom is 0.251 e. The van der Waals surface area contributed by atoms with Gasteiger partial charge in [0.05, 0.1) is 6.10 Å². The van der Waals surface area contributed by atoms with Gasteiger partial charge in [-0.25, -0.2) is 4.98 Å². The fraction of sp³-hybridized carbons (Fsp3) is 0.500. The van der Waals surface area contributed by atoms with Crippen LogP contribution < -0.4 is 15.0 Å². The molecule has 2 aromatic rings. The Morgan fingerprint density at radius 2 is 2.00 bits per heavy atom. The van der Waals surface area contributed by atoms with Crippen molar-refractivity contribution in [2.45, 2.75) is 50.7 Å². The number of carbonyl (C=O) groups is 1. The molecule has 0 spiro atoms. The molecule has 2 aliphatic rings. The van der Waals surface area contributed by atoms with E-state index in [1.165, 1.54) is 12.8 Å². The molecule has 1 saturated carbocycles. The summed E-state index contributed by atoms with van der Waals surface area (Å²) < 4.78 is 6.02. The molecule has 2 fully saturated rings. The summed E-state index contributed by atoms with van der Waals surface area (Å²) in [5, 5.41) is 6.26. The van der Waals surface area contributed by atoms with Crippen LogP contribution in [0.15, 0.2) is 35.8 Å². The van der Waals surface area contributed by atoms with Crippen molar-refractivity contribution in [1.82, 2.24) is 10.3 Å². The van der Waals surface area contributed by atoms with Gasteiger partial charge in [-0.1, -0.05) is 6.07 Å². The van der Waals surface area contributed by atoms with Crippen molar-refractivity contribution >= 4 is 22.4 Å². The highest BCUT2D eigenvalue weighted by Crippen LogP contribution is 2.25. The normalized spacial score (nSPS) is 18.8. The van der Waals surface area contributed by atoms with Crippen molar-refractivity contribution < 1.29 is 9.53 Å². The lowest BCUT2D eigenvalue weighted by Gasteiger charge is -2.32. The Morgan fingerprint density at radius 3 is 2.73 bits per heavy atom. The summed E-state index contributed by atoms with van der Waals surface area (Å²) in [5.74, 6) is 0.803. The van der Waals surface area contributed by atoms with Crippen LogP contribution in [0.4, 0.5) is 5.13 Å². The maximum absolute atomic E-state index is 12.6. The van der Waals surface area contributed by atoms with Crippen LogP contribution in [0.3, 0.4) is 0 Å². The van der Waals surface area contributed by atoms with Crippen molar-refractivity contribution in [1.29, 1.82) is 0 Å². The Kier molecular flexibility index (Phi) is 5.39. The fourth-order valence-electron chi connectivity index (χ4n) is 3.77. The maximum atomic E-state index is 12.6. The minimum absolute atomic E-state index is 0.00503. The summed E-state index contributed by atoms with van der Waals surface area (Å²) in [6.07, 6.45) is 8.77. The number of thiazole rings is 1. The molecule has 1 aliphatic carbocycles. The van der Waals surface area contributed by atoms with Gasteiger partial charge in [-0.05, 0) is 56.7 Å². The van der Waals surface area contributed by atoms with E-state index in [1.54, 1.807) is 11.3 Å². The largest absolute Gasteiger partial charge is 0.490 e. The van der Waals surface area contributed by atoms with Gasteiger partial charge in [0.25, 0.3) is 5.91 Å². The molecule has 1 aromatic carbocycles. The number of hydrogen-bond acceptors (Lipinski definition) is 5. The third-order valence-electron chi connectivity index (χ3n) is 5.22. The van der Waals surface area contributed by atoms with Crippen molar-refractivity contribution in [3.8, 4) is 5.75 Å². The van der Waals surface area contributed by atoms with Crippen LogP contribution in [-0.4, -0.2) is 36.1 Å². The minimum Gasteiger partial charge on any atom is -0.490 e. The molecule has 0 unspecified atom stereocenters. The number of rotatable bonds is 5. The van der Waals surface area contributed by atoms with Crippen LogP contribution in [0, 0.1) is 0 Å². The lowest BCUT2D eigenvalue weighted by molar-refractivity contribution is 0.0930. The molecular weight excluding hydrogens is 346 g/mol. The molecule has 1 saturated heterocycles. The molecule has 1 N–H and O–H groups in total. The Hall–Kier alpha value is -2.08. The number of aromatic nitrogens is 1. The predicted octanol–water partition coefficient (Wildman–Crippen LogP) is 3.86. The van der Waals surface area contributed by atoms with Crippen molar-refractivity contribution in [2.75, 3.05) is 18.0 Å². The van der Waals surface area contributed by atoms with Crippen LogP contribution in [0.25, 0.3) is 0 Å². The van der Waals surface area contributed by atoms with Crippen LogP contribution in [0.2, 0.25) is 0 Å². The zero-order valence-electron chi connectivity index (χ0n) is 14.9. The third kappa shape index (κ3) is 4.18. The van der Waals surface area contributed by atoms with E-state index in [1.807, 2.05) is 35.8 Å².